The normalized spacial score (nSPS) is 21.4. The summed E-state index contributed by atoms with van der Waals surface area (Å²) >= 11 is 19.1. The van der Waals surface area contributed by atoms with Crippen molar-refractivity contribution in [3.63, 3.8) is 0 Å². The molecule has 2 aliphatic heterocycles. The SMILES string of the molecule is O=C(Cc1cccc2ccccc12)NC(N1C[C@@H]2C[C@@H](C1)c1cccc(=O)n1C2)C(Cl)(Cl)Cl. The van der Waals surface area contributed by atoms with E-state index in [1.807, 2.05) is 58.0 Å². The fourth-order valence-corrected chi connectivity index (χ4v) is 5.93. The van der Waals surface area contributed by atoms with Crippen molar-refractivity contribution in [3.8, 4) is 0 Å². The monoisotopic (exact) mass is 503 g/mol. The van der Waals surface area contributed by atoms with Gasteiger partial charge in [0.15, 0.2) is 0 Å². The molecule has 2 aromatic carbocycles. The largest absolute Gasteiger partial charge is 0.336 e. The third-order valence-corrected chi connectivity index (χ3v) is 7.33. The molecule has 5 rings (SSSR count). The zero-order valence-electron chi connectivity index (χ0n) is 17.9. The number of halogens is 3. The van der Waals surface area contributed by atoms with Gasteiger partial charge in [-0.2, -0.15) is 0 Å². The van der Waals surface area contributed by atoms with Crippen molar-refractivity contribution in [2.24, 2.45) is 5.92 Å². The summed E-state index contributed by atoms with van der Waals surface area (Å²) in [6, 6.07) is 19.3. The van der Waals surface area contributed by atoms with E-state index in [1.54, 1.807) is 12.1 Å². The number of fused-ring (bicyclic) bond motifs is 5. The molecule has 0 aliphatic carbocycles. The second-order valence-electron chi connectivity index (χ2n) is 8.98. The van der Waals surface area contributed by atoms with Crippen molar-refractivity contribution in [2.45, 2.75) is 35.3 Å². The van der Waals surface area contributed by atoms with Gasteiger partial charge in [0.05, 0.1) is 6.42 Å². The Morgan fingerprint density at radius 2 is 1.76 bits per heavy atom. The third-order valence-electron chi connectivity index (χ3n) is 6.71. The minimum absolute atomic E-state index is 0.0250. The number of nitrogens with one attached hydrogen (secondary N) is 1. The van der Waals surface area contributed by atoms with Crippen molar-refractivity contribution in [1.82, 2.24) is 14.8 Å². The van der Waals surface area contributed by atoms with Crippen LogP contribution in [0.4, 0.5) is 0 Å². The number of hydrogen-bond donors (Lipinski definition) is 1. The van der Waals surface area contributed by atoms with Gasteiger partial charge < -0.3 is 9.88 Å². The van der Waals surface area contributed by atoms with E-state index in [0.717, 1.165) is 28.5 Å². The average Bonchev–Trinajstić information content (AvgIpc) is 2.78. The van der Waals surface area contributed by atoms with Crippen LogP contribution in [0, 0.1) is 5.92 Å². The van der Waals surface area contributed by atoms with E-state index in [4.69, 9.17) is 34.8 Å². The first kappa shape index (κ1) is 22.7. The lowest BCUT2D eigenvalue weighted by Gasteiger charge is -2.47. The number of piperidine rings is 1. The van der Waals surface area contributed by atoms with Crippen molar-refractivity contribution < 1.29 is 4.79 Å². The summed E-state index contributed by atoms with van der Waals surface area (Å²) < 4.78 is 0.163. The molecule has 2 aliphatic rings. The van der Waals surface area contributed by atoms with E-state index in [2.05, 4.69) is 5.32 Å². The van der Waals surface area contributed by atoms with Gasteiger partial charge in [-0.25, -0.2) is 0 Å². The van der Waals surface area contributed by atoms with E-state index >= 15 is 0 Å². The summed E-state index contributed by atoms with van der Waals surface area (Å²) in [4.78, 5) is 27.4. The van der Waals surface area contributed by atoms with Crippen LogP contribution in [0.25, 0.3) is 10.8 Å². The van der Waals surface area contributed by atoms with Crippen molar-refractivity contribution in [2.75, 3.05) is 13.1 Å². The predicted octanol–water partition coefficient (Wildman–Crippen LogP) is 4.48. The molecule has 3 heterocycles. The molecule has 3 aromatic rings. The number of amides is 1. The van der Waals surface area contributed by atoms with E-state index in [1.165, 1.54) is 0 Å². The fourth-order valence-electron chi connectivity index (χ4n) is 5.35. The van der Waals surface area contributed by atoms with Crippen molar-refractivity contribution in [1.29, 1.82) is 0 Å². The van der Waals surface area contributed by atoms with E-state index in [0.29, 0.717) is 19.6 Å². The number of alkyl halides is 3. The van der Waals surface area contributed by atoms with Crippen LogP contribution in [-0.4, -0.2) is 38.4 Å². The summed E-state index contributed by atoms with van der Waals surface area (Å²) in [5.74, 6) is 0.201. The molecule has 0 spiro atoms. The Bertz CT molecular complexity index is 1250. The number of pyridine rings is 1. The maximum atomic E-state index is 13.1. The van der Waals surface area contributed by atoms with Gasteiger partial charge >= 0.3 is 0 Å². The molecule has 33 heavy (non-hydrogen) atoms. The van der Waals surface area contributed by atoms with E-state index < -0.39 is 9.96 Å². The molecule has 172 valence electrons. The standard InChI is InChI=1S/C25H24Cl3N3O2/c26-25(27,28)24(29-22(32)12-18-7-3-6-17-5-1-2-8-20(17)18)30-13-16-11-19(15-30)21-9-4-10-23(33)31(21)14-16/h1-10,16,19,24H,11-15H2,(H,29,32)/t16-,19-,24?/m0/s1. The number of hydrogen-bond acceptors (Lipinski definition) is 3. The lowest BCUT2D eigenvalue weighted by Crippen LogP contribution is -2.60. The molecule has 2 bridgehead atoms. The molecule has 1 aromatic heterocycles. The highest BCUT2D eigenvalue weighted by Gasteiger charge is 2.44. The zero-order valence-corrected chi connectivity index (χ0v) is 20.2. The molecule has 1 amide bonds. The summed E-state index contributed by atoms with van der Waals surface area (Å²) in [7, 11) is 0. The first-order valence-corrected chi connectivity index (χ1v) is 12.2. The smallest absolute Gasteiger partial charge is 0.250 e. The Balaban J connectivity index is 1.36. The summed E-state index contributed by atoms with van der Waals surface area (Å²) in [5, 5.41) is 5.11. The highest BCUT2D eigenvalue weighted by Crippen LogP contribution is 2.40. The van der Waals surface area contributed by atoms with Gasteiger partial charge in [-0.05, 0) is 34.7 Å². The number of aromatic nitrogens is 1. The van der Waals surface area contributed by atoms with Crippen LogP contribution < -0.4 is 10.9 Å². The molecule has 1 fully saturated rings. The van der Waals surface area contributed by atoms with Gasteiger partial charge in [0, 0.05) is 37.3 Å². The summed E-state index contributed by atoms with van der Waals surface area (Å²) in [6.45, 7) is 1.88. The molecule has 5 nitrogen and oxygen atoms in total. The van der Waals surface area contributed by atoms with Crippen LogP contribution in [0.5, 0.6) is 0 Å². The van der Waals surface area contributed by atoms with E-state index in [9.17, 15) is 9.59 Å². The van der Waals surface area contributed by atoms with Gasteiger partial charge in [-0.3, -0.25) is 14.5 Å². The predicted molar refractivity (Wildman–Crippen MR) is 133 cm³/mol. The third kappa shape index (κ3) is 4.65. The molecule has 1 N–H and O–H groups in total. The number of rotatable bonds is 4. The Morgan fingerprint density at radius 3 is 2.58 bits per heavy atom. The fraction of sp³-hybridized carbons (Fsp3) is 0.360. The van der Waals surface area contributed by atoms with Crippen LogP contribution in [0.1, 0.15) is 23.6 Å². The highest BCUT2D eigenvalue weighted by molar-refractivity contribution is 6.68. The van der Waals surface area contributed by atoms with Gasteiger partial charge in [-0.15, -0.1) is 0 Å². The Morgan fingerprint density at radius 1 is 1.00 bits per heavy atom. The molecular weight excluding hydrogens is 481 g/mol. The second-order valence-corrected chi connectivity index (χ2v) is 11.3. The molecule has 0 saturated carbocycles. The van der Waals surface area contributed by atoms with Crippen molar-refractivity contribution in [3.05, 3.63) is 82.3 Å². The van der Waals surface area contributed by atoms with Crippen LogP contribution in [0.15, 0.2) is 65.5 Å². The van der Waals surface area contributed by atoms with E-state index in [-0.39, 0.29) is 29.7 Å². The molecule has 3 atom stereocenters. The highest BCUT2D eigenvalue weighted by atomic mass is 35.6. The molecule has 8 heteroatoms. The lowest BCUT2D eigenvalue weighted by molar-refractivity contribution is -0.122. The van der Waals surface area contributed by atoms with Gasteiger partial charge in [0.2, 0.25) is 9.70 Å². The molecule has 1 saturated heterocycles. The Hall–Kier alpha value is -2.05. The number of benzene rings is 2. The molecule has 0 radical (unpaired) electrons. The average molecular weight is 505 g/mol. The maximum Gasteiger partial charge on any atom is 0.250 e. The first-order valence-electron chi connectivity index (χ1n) is 11.1. The molecule has 1 unspecified atom stereocenters. The minimum Gasteiger partial charge on any atom is -0.336 e. The van der Waals surface area contributed by atoms with Gasteiger partial charge in [-0.1, -0.05) is 83.3 Å². The van der Waals surface area contributed by atoms with Gasteiger partial charge in [0.25, 0.3) is 5.56 Å². The number of carbonyl (C=O) groups is 1. The second kappa shape index (κ2) is 8.95. The maximum absolute atomic E-state index is 13.1. The zero-order chi connectivity index (χ0) is 23.2. The van der Waals surface area contributed by atoms with Crippen LogP contribution in [-0.2, 0) is 17.8 Å². The lowest BCUT2D eigenvalue weighted by atomic mass is 9.83. The topological polar surface area (TPSA) is 54.3 Å². The quantitative estimate of drug-likeness (QED) is 0.533. The van der Waals surface area contributed by atoms with Crippen LogP contribution in [0.2, 0.25) is 0 Å². The Kier molecular flexibility index (Phi) is 6.17. The number of nitrogens with zero attached hydrogens (tertiary/aromatic N) is 2. The number of carbonyl (C=O) groups excluding carboxylic acids is 1. The van der Waals surface area contributed by atoms with Crippen LogP contribution in [0.3, 0.4) is 0 Å². The molecular formula is C25H24Cl3N3O2. The van der Waals surface area contributed by atoms with Crippen molar-refractivity contribution >= 4 is 51.5 Å². The Labute approximate surface area is 207 Å². The summed E-state index contributed by atoms with van der Waals surface area (Å²) in [5.41, 5.74) is 1.96. The first-order chi connectivity index (χ1) is 15.8. The number of likely N-dealkylation sites (tertiary alicyclic amines) is 1. The van der Waals surface area contributed by atoms with Gasteiger partial charge in [0.1, 0.15) is 6.17 Å². The summed E-state index contributed by atoms with van der Waals surface area (Å²) in [6.07, 6.45) is 0.408. The minimum atomic E-state index is -1.70. The van der Waals surface area contributed by atoms with Crippen LogP contribution >= 0.6 is 34.8 Å².